The number of rotatable bonds is 2. The molecule has 1 fully saturated rings. The van der Waals surface area contributed by atoms with E-state index in [9.17, 15) is 0 Å². The van der Waals surface area contributed by atoms with Gasteiger partial charge in [0.25, 0.3) is 0 Å². The largest absolute Gasteiger partial charge is 0.255 e. The molecule has 3 unspecified atom stereocenters. The van der Waals surface area contributed by atoms with Crippen LogP contribution in [-0.4, -0.2) is 40.4 Å². The summed E-state index contributed by atoms with van der Waals surface area (Å²) in [5, 5.41) is 9.29. The average molecular weight is 350 g/mol. The Morgan fingerprint density at radius 2 is 1.56 bits per heavy atom. The molecule has 0 spiro atoms. The molecular weight excluding hydrogens is 327 g/mol. The normalized spacial score (nSPS) is 26.2. The summed E-state index contributed by atoms with van der Waals surface area (Å²) >= 11 is 0. The van der Waals surface area contributed by atoms with Gasteiger partial charge in [0.05, 0.1) is 22.8 Å². The quantitative estimate of drug-likeness (QED) is 0.765. The summed E-state index contributed by atoms with van der Waals surface area (Å²) in [5.74, 6) is 0.801. The SMILES string of the molecule is Cc1ccc(C2=NN=C(c3ccccn3)C3CCP(C)CCC23)nc1. The highest BCUT2D eigenvalue weighted by molar-refractivity contribution is 7.56. The molecule has 2 aromatic rings. The summed E-state index contributed by atoms with van der Waals surface area (Å²) < 4.78 is 0. The lowest BCUT2D eigenvalue weighted by molar-refractivity contribution is 0.506. The summed E-state index contributed by atoms with van der Waals surface area (Å²) in [4.78, 5) is 9.17. The van der Waals surface area contributed by atoms with E-state index < -0.39 is 0 Å². The van der Waals surface area contributed by atoms with Crippen LogP contribution >= 0.6 is 7.92 Å². The van der Waals surface area contributed by atoms with Crippen LogP contribution < -0.4 is 0 Å². The molecule has 0 amide bonds. The number of nitrogens with zero attached hydrogens (tertiary/aromatic N) is 4. The minimum absolute atomic E-state index is 0.113. The molecule has 2 aliphatic rings. The van der Waals surface area contributed by atoms with E-state index in [-0.39, 0.29) is 7.92 Å². The third-order valence-electron chi connectivity index (χ3n) is 5.20. The van der Waals surface area contributed by atoms with Crippen molar-refractivity contribution in [2.24, 2.45) is 22.0 Å². The van der Waals surface area contributed by atoms with E-state index in [1.807, 2.05) is 24.5 Å². The lowest BCUT2D eigenvalue weighted by atomic mass is 9.78. The van der Waals surface area contributed by atoms with Crippen molar-refractivity contribution in [3.05, 3.63) is 59.7 Å². The monoisotopic (exact) mass is 350 g/mol. The zero-order chi connectivity index (χ0) is 17.2. The molecule has 128 valence electrons. The first-order valence-corrected chi connectivity index (χ1v) is 11.1. The summed E-state index contributed by atoms with van der Waals surface area (Å²) in [7, 11) is 0.113. The van der Waals surface area contributed by atoms with Crippen molar-refractivity contribution in [3.63, 3.8) is 0 Å². The molecule has 3 atom stereocenters. The highest BCUT2D eigenvalue weighted by Gasteiger charge is 2.37. The van der Waals surface area contributed by atoms with Gasteiger partial charge >= 0.3 is 0 Å². The van der Waals surface area contributed by atoms with Gasteiger partial charge in [0.1, 0.15) is 0 Å². The van der Waals surface area contributed by atoms with E-state index >= 15 is 0 Å². The number of pyridine rings is 2. The number of aryl methyl sites for hydroxylation is 1. The Balaban J connectivity index is 1.77. The second kappa shape index (κ2) is 7.13. The van der Waals surface area contributed by atoms with Gasteiger partial charge in [-0.25, -0.2) is 0 Å². The van der Waals surface area contributed by atoms with Gasteiger partial charge in [-0.15, -0.1) is 7.92 Å². The van der Waals surface area contributed by atoms with Crippen LogP contribution in [0.3, 0.4) is 0 Å². The van der Waals surface area contributed by atoms with Crippen LogP contribution in [0.5, 0.6) is 0 Å². The first-order chi connectivity index (χ1) is 12.2. The van der Waals surface area contributed by atoms with Gasteiger partial charge in [0, 0.05) is 24.2 Å². The molecule has 0 radical (unpaired) electrons. The smallest absolute Gasteiger partial charge is 0.0924 e. The third-order valence-corrected chi connectivity index (χ3v) is 7.24. The van der Waals surface area contributed by atoms with Gasteiger partial charge in [-0.05, 0) is 62.5 Å². The minimum Gasteiger partial charge on any atom is -0.255 e. The van der Waals surface area contributed by atoms with E-state index in [2.05, 4.69) is 52.0 Å². The highest BCUT2D eigenvalue weighted by Crippen LogP contribution is 2.43. The average Bonchev–Trinajstić information content (AvgIpc) is 2.85. The number of fused-ring (bicyclic) bond motifs is 1. The molecule has 2 aromatic heterocycles. The van der Waals surface area contributed by atoms with Gasteiger partial charge in [-0.2, -0.15) is 10.2 Å². The van der Waals surface area contributed by atoms with Gasteiger partial charge in [-0.3, -0.25) is 9.97 Å². The Kier molecular flexibility index (Phi) is 4.72. The van der Waals surface area contributed by atoms with Crippen molar-refractivity contribution < 1.29 is 0 Å². The number of aromatic nitrogens is 2. The topological polar surface area (TPSA) is 50.5 Å². The van der Waals surface area contributed by atoms with E-state index in [4.69, 9.17) is 0 Å². The Morgan fingerprint density at radius 1 is 0.880 bits per heavy atom. The van der Waals surface area contributed by atoms with Crippen LogP contribution in [0.25, 0.3) is 0 Å². The summed E-state index contributed by atoms with van der Waals surface area (Å²) in [6, 6.07) is 10.2. The van der Waals surface area contributed by atoms with E-state index in [1.54, 1.807) is 0 Å². The van der Waals surface area contributed by atoms with E-state index in [0.717, 1.165) is 22.8 Å². The van der Waals surface area contributed by atoms with Crippen LogP contribution in [0, 0.1) is 18.8 Å². The van der Waals surface area contributed by atoms with Crippen LogP contribution in [0.2, 0.25) is 0 Å². The fraction of sp³-hybridized carbons (Fsp3) is 0.400. The molecule has 4 rings (SSSR count). The van der Waals surface area contributed by atoms with Gasteiger partial charge < -0.3 is 0 Å². The number of hydrogen-bond donors (Lipinski definition) is 0. The predicted octanol–water partition coefficient (Wildman–Crippen LogP) is 4.13. The molecule has 0 aromatic carbocycles. The maximum absolute atomic E-state index is 4.65. The Bertz CT molecular complexity index is 798. The van der Waals surface area contributed by atoms with Crippen molar-refractivity contribution in [3.8, 4) is 0 Å². The Hall–Kier alpha value is -1.93. The van der Waals surface area contributed by atoms with Crippen LogP contribution in [-0.2, 0) is 0 Å². The van der Waals surface area contributed by atoms with E-state index in [0.29, 0.717) is 11.8 Å². The molecule has 0 bridgehead atoms. The highest BCUT2D eigenvalue weighted by atomic mass is 31.1. The van der Waals surface area contributed by atoms with Crippen molar-refractivity contribution >= 4 is 19.3 Å². The first-order valence-electron chi connectivity index (χ1n) is 8.91. The molecule has 2 aliphatic heterocycles. The maximum atomic E-state index is 4.65. The fourth-order valence-corrected chi connectivity index (χ4v) is 5.42. The Labute approximate surface area is 150 Å². The molecule has 4 heterocycles. The molecule has 5 heteroatoms. The third kappa shape index (κ3) is 3.41. The lowest BCUT2D eigenvalue weighted by Crippen LogP contribution is -2.34. The van der Waals surface area contributed by atoms with Crippen molar-refractivity contribution in [1.82, 2.24) is 9.97 Å². The standard InChI is InChI=1S/C20H23N4P/c1-14-6-7-18(22-13-14)20-16-9-12-25(2)11-8-15(16)19(23-24-20)17-5-3-4-10-21-17/h3-7,10,13,15-16H,8-9,11-12H2,1-2H3. The van der Waals surface area contributed by atoms with Crippen LogP contribution in [0.15, 0.2) is 52.9 Å². The summed E-state index contributed by atoms with van der Waals surface area (Å²) in [6.45, 7) is 4.49. The zero-order valence-electron chi connectivity index (χ0n) is 14.8. The summed E-state index contributed by atoms with van der Waals surface area (Å²) in [6.07, 6.45) is 8.72. The molecule has 0 aliphatic carbocycles. The van der Waals surface area contributed by atoms with Crippen molar-refractivity contribution in [2.75, 3.05) is 19.0 Å². The van der Waals surface area contributed by atoms with Crippen LogP contribution in [0.1, 0.15) is 29.8 Å². The van der Waals surface area contributed by atoms with Crippen molar-refractivity contribution in [1.29, 1.82) is 0 Å². The predicted molar refractivity (Wildman–Crippen MR) is 105 cm³/mol. The Morgan fingerprint density at radius 3 is 2.12 bits per heavy atom. The number of hydrogen-bond acceptors (Lipinski definition) is 4. The molecular formula is C20H23N4P. The second-order valence-corrected chi connectivity index (χ2v) is 9.61. The molecule has 1 saturated heterocycles. The molecule has 0 saturated carbocycles. The summed E-state index contributed by atoms with van der Waals surface area (Å²) in [5.41, 5.74) is 5.25. The van der Waals surface area contributed by atoms with Gasteiger partial charge in [0.2, 0.25) is 0 Å². The zero-order valence-corrected chi connectivity index (χ0v) is 15.7. The lowest BCUT2D eigenvalue weighted by Gasteiger charge is -2.29. The second-order valence-electron chi connectivity index (χ2n) is 7.00. The molecule has 25 heavy (non-hydrogen) atoms. The van der Waals surface area contributed by atoms with Crippen LogP contribution in [0.4, 0.5) is 0 Å². The maximum Gasteiger partial charge on any atom is 0.0924 e. The molecule has 0 N–H and O–H groups in total. The van der Waals surface area contributed by atoms with Crippen molar-refractivity contribution in [2.45, 2.75) is 19.8 Å². The minimum atomic E-state index is 0.113. The fourth-order valence-electron chi connectivity index (χ4n) is 3.76. The first kappa shape index (κ1) is 16.5. The van der Waals surface area contributed by atoms with Gasteiger partial charge in [-0.1, -0.05) is 12.1 Å². The molecule has 4 nitrogen and oxygen atoms in total. The van der Waals surface area contributed by atoms with Gasteiger partial charge in [0.15, 0.2) is 0 Å². The van der Waals surface area contributed by atoms with E-state index in [1.165, 1.54) is 30.7 Å².